The average Bonchev–Trinajstić information content (AvgIpc) is 3.30. The van der Waals surface area contributed by atoms with Crippen LogP contribution in [0.1, 0.15) is 52.8 Å². The lowest BCUT2D eigenvalue weighted by molar-refractivity contribution is 0.0239. The first kappa shape index (κ1) is 21.0. The van der Waals surface area contributed by atoms with Gasteiger partial charge in [-0.2, -0.15) is 5.10 Å². The largest absolute Gasteiger partial charge is 0.444 e. The van der Waals surface area contributed by atoms with Crippen LogP contribution in [0.5, 0.6) is 0 Å². The smallest absolute Gasteiger partial charge is 0.419 e. The molecule has 0 saturated carbocycles. The number of para-hydroxylation sites is 1. The highest BCUT2D eigenvalue weighted by molar-refractivity contribution is 5.96. The van der Waals surface area contributed by atoms with Crippen LogP contribution in [0.25, 0.3) is 22.3 Å². The SMILES string of the molecule is CC(C)(C)OC(=O)N1Cc2[nH]nc(-c3cc4ccccc4n3C(=O)OC(C)(C)C)c2C1. The molecule has 1 aromatic carbocycles. The van der Waals surface area contributed by atoms with Crippen molar-refractivity contribution < 1.29 is 19.1 Å². The lowest BCUT2D eigenvalue weighted by Crippen LogP contribution is -2.33. The van der Waals surface area contributed by atoms with Crippen molar-refractivity contribution in [3.63, 3.8) is 0 Å². The number of nitrogens with zero attached hydrogens (tertiary/aromatic N) is 3. The number of nitrogens with one attached hydrogen (secondary N) is 1. The monoisotopic (exact) mass is 424 g/mol. The zero-order valence-corrected chi connectivity index (χ0v) is 18.8. The maximum absolute atomic E-state index is 13.1. The summed E-state index contributed by atoms with van der Waals surface area (Å²) in [6.45, 7) is 11.8. The summed E-state index contributed by atoms with van der Waals surface area (Å²) in [5.41, 5.74) is 2.49. The van der Waals surface area contributed by atoms with Crippen LogP contribution in [0.2, 0.25) is 0 Å². The maximum atomic E-state index is 13.1. The Bertz CT molecular complexity index is 1160. The summed E-state index contributed by atoms with van der Waals surface area (Å²) in [4.78, 5) is 27.3. The third kappa shape index (κ3) is 4.15. The van der Waals surface area contributed by atoms with Gasteiger partial charge in [0, 0.05) is 10.9 Å². The van der Waals surface area contributed by atoms with Gasteiger partial charge in [-0.15, -0.1) is 0 Å². The fourth-order valence-electron chi connectivity index (χ4n) is 3.64. The first-order valence-electron chi connectivity index (χ1n) is 10.3. The van der Waals surface area contributed by atoms with Crippen molar-refractivity contribution in [2.75, 3.05) is 0 Å². The van der Waals surface area contributed by atoms with Crippen LogP contribution in [0, 0.1) is 0 Å². The topological polar surface area (TPSA) is 89.5 Å². The highest BCUT2D eigenvalue weighted by Gasteiger charge is 2.33. The zero-order chi connectivity index (χ0) is 22.6. The van der Waals surface area contributed by atoms with Crippen LogP contribution in [0.3, 0.4) is 0 Å². The van der Waals surface area contributed by atoms with Gasteiger partial charge >= 0.3 is 12.2 Å². The van der Waals surface area contributed by atoms with E-state index >= 15 is 0 Å². The van der Waals surface area contributed by atoms with E-state index in [1.54, 1.807) is 9.47 Å². The number of ether oxygens (including phenoxy) is 2. The van der Waals surface area contributed by atoms with E-state index in [0.29, 0.717) is 24.5 Å². The maximum Gasteiger partial charge on any atom is 0.419 e. The molecule has 0 bridgehead atoms. The van der Waals surface area contributed by atoms with Crippen molar-refractivity contribution in [1.29, 1.82) is 0 Å². The molecule has 3 aromatic rings. The van der Waals surface area contributed by atoms with Crippen LogP contribution >= 0.6 is 0 Å². The quantitative estimate of drug-likeness (QED) is 0.589. The molecule has 0 fully saturated rings. The molecule has 1 aliphatic rings. The Kier molecular flexibility index (Phi) is 4.83. The molecule has 1 N–H and O–H groups in total. The number of aromatic nitrogens is 3. The number of aromatic amines is 1. The molecule has 8 nitrogen and oxygen atoms in total. The van der Waals surface area contributed by atoms with Crippen molar-refractivity contribution in [3.8, 4) is 11.4 Å². The number of hydrogen-bond donors (Lipinski definition) is 1. The summed E-state index contributed by atoms with van der Waals surface area (Å²) in [5.74, 6) is 0. The van der Waals surface area contributed by atoms with Gasteiger partial charge in [0.2, 0.25) is 0 Å². The van der Waals surface area contributed by atoms with Crippen molar-refractivity contribution in [3.05, 3.63) is 41.6 Å². The third-order valence-corrected chi connectivity index (χ3v) is 4.83. The molecule has 164 valence electrons. The lowest BCUT2D eigenvalue weighted by atomic mass is 10.1. The predicted molar refractivity (Wildman–Crippen MR) is 117 cm³/mol. The van der Waals surface area contributed by atoms with Crippen LogP contribution in [0.4, 0.5) is 9.59 Å². The molecular weight excluding hydrogens is 396 g/mol. The molecule has 31 heavy (non-hydrogen) atoms. The van der Waals surface area contributed by atoms with Gasteiger partial charge in [-0.3, -0.25) is 10.00 Å². The molecule has 0 unspecified atom stereocenters. The van der Waals surface area contributed by atoms with Crippen LogP contribution in [-0.4, -0.2) is 43.1 Å². The molecule has 1 amide bonds. The number of rotatable bonds is 1. The number of hydrogen-bond acceptors (Lipinski definition) is 5. The molecule has 0 aliphatic carbocycles. The first-order valence-corrected chi connectivity index (χ1v) is 10.3. The van der Waals surface area contributed by atoms with Gasteiger partial charge in [-0.25, -0.2) is 14.2 Å². The van der Waals surface area contributed by atoms with E-state index in [4.69, 9.17) is 9.47 Å². The lowest BCUT2D eigenvalue weighted by Gasteiger charge is -2.24. The molecule has 0 radical (unpaired) electrons. The summed E-state index contributed by atoms with van der Waals surface area (Å²) in [5, 5.41) is 8.41. The van der Waals surface area contributed by atoms with Crippen molar-refractivity contribution in [2.24, 2.45) is 0 Å². The predicted octanol–water partition coefficient (Wildman–Crippen LogP) is 5.07. The van der Waals surface area contributed by atoms with Crippen molar-refractivity contribution >= 4 is 23.1 Å². The number of amides is 1. The van der Waals surface area contributed by atoms with Crippen molar-refractivity contribution in [2.45, 2.75) is 65.8 Å². The second-order valence-electron chi connectivity index (χ2n) is 9.77. The molecule has 8 heteroatoms. The minimum absolute atomic E-state index is 0.353. The molecule has 3 heterocycles. The normalized spacial score (nSPS) is 14.1. The van der Waals surface area contributed by atoms with Gasteiger partial charge < -0.3 is 9.47 Å². The summed E-state index contributed by atoms with van der Waals surface area (Å²) >= 11 is 0. The molecular formula is C23H28N4O4. The Hall–Kier alpha value is -3.29. The molecule has 0 atom stereocenters. The molecule has 1 aliphatic heterocycles. The minimum Gasteiger partial charge on any atom is -0.444 e. The Morgan fingerprint density at radius 2 is 1.61 bits per heavy atom. The van der Waals surface area contributed by atoms with Gasteiger partial charge in [0.05, 0.1) is 30.0 Å². The fourth-order valence-corrected chi connectivity index (χ4v) is 3.64. The first-order chi connectivity index (χ1) is 14.4. The third-order valence-electron chi connectivity index (χ3n) is 4.83. The molecule has 4 rings (SSSR count). The van der Waals surface area contributed by atoms with E-state index in [0.717, 1.165) is 22.2 Å². The van der Waals surface area contributed by atoms with Crippen LogP contribution in [0.15, 0.2) is 30.3 Å². The number of H-pyrrole nitrogens is 1. The highest BCUT2D eigenvalue weighted by Crippen LogP contribution is 2.35. The second-order valence-corrected chi connectivity index (χ2v) is 9.77. The fraction of sp³-hybridized carbons (Fsp3) is 0.435. The van der Waals surface area contributed by atoms with E-state index < -0.39 is 17.3 Å². The molecule has 0 saturated heterocycles. The van der Waals surface area contributed by atoms with Crippen LogP contribution < -0.4 is 0 Å². The molecule has 0 spiro atoms. The van der Waals surface area contributed by atoms with Crippen LogP contribution in [-0.2, 0) is 22.6 Å². The van der Waals surface area contributed by atoms with E-state index in [1.807, 2.05) is 71.9 Å². The minimum atomic E-state index is -0.638. The summed E-state index contributed by atoms with van der Waals surface area (Å²) in [6.07, 6.45) is -0.849. The second kappa shape index (κ2) is 7.14. The van der Waals surface area contributed by atoms with E-state index in [1.165, 1.54) is 0 Å². The highest BCUT2D eigenvalue weighted by atomic mass is 16.6. The summed E-state index contributed by atoms with van der Waals surface area (Å²) in [7, 11) is 0. The summed E-state index contributed by atoms with van der Waals surface area (Å²) < 4.78 is 12.7. The van der Waals surface area contributed by atoms with Crippen molar-refractivity contribution in [1.82, 2.24) is 19.7 Å². The Balaban J connectivity index is 1.73. The number of fused-ring (bicyclic) bond motifs is 2. The van der Waals surface area contributed by atoms with Gasteiger partial charge in [0.25, 0.3) is 0 Å². The van der Waals surface area contributed by atoms with Gasteiger partial charge in [0.15, 0.2) is 0 Å². The number of benzene rings is 1. The molecule has 2 aromatic heterocycles. The van der Waals surface area contributed by atoms with Gasteiger partial charge in [0.1, 0.15) is 16.9 Å². The Labute approximate surface area is 181 Å². The average molecular weight is 425 g/mol. The Morgan fingerprint density at radius 3 is 2.29 bits per heavy atom. The van der Waals surface area contributed by atoms with E-state index in [9.17, 15) is 9.59 Å². The summed E-state index contributed by atoms with van der Waals surface area (Å²) in [6, 6.07) is 9.55. The van der Waals surface area contributed by atoms with E-state index in [2.05, 4.69) is 10.2 Å². The van der Waals surface area contributed by atoms with Gasteiger partial charge in [-0.1, -0.05) is 18.2 Å². The number of carbonyl (C=O) groups excluding carboxylic acids is 2. The number of carbonyl (C=O) groups is 2. The standard InChI is InChI=1S/C23H28N4O4/c1-22(2,3)30-20(28)26-12-15-16(13-26)24-25-19(15)18-11-14-9-7-8-10-17(14)27(18)21(29)31-23(4,5)6/h7-11H,12-13H2,1-6H3,(H,24,25). The van der Waals surface area contributed by atoms with Gasteiger partial charge in [-0.05, 0) is 53.7 Å². The zero-order valence-electron chi connectivity index (χ0n) is 18.8. The van der Waals surface area contributed by atoms with E-state index in [-0.39, 0.29) is 6.09 Å². The Morgan fingerprint density at radius 1 is 0.968 bits per heavy atom.